The van der Waals surface area contributed by atoms with E-state index in [-0.39, 0.29) is 5.75 Å². The van der Waals surface area contributed by atoms with E-state index in [0.717, 1.165) is 25.7 Å². The molecule has 1 saturated carbocycles. The minimum Gasteiger partial charge on any atom is -0.321 e. The van der Waals surface area contributed by atoms with E-state index in [0.29, 0.717) is 51.0 Å². The van der Waals surface area contributed by atoms with Crippen molar-refractivity contribution in [1.82, 2.24) is 14.5 Å². The van der Waals surface area contributed by atoms with Crippen molar-refractivity contribution in [3.05, 3.63) is 35.9 Å². The van der Waals surface area contributed by atoms with Crippen molar-refractivity contribution in [2.24, 2.45) is 0 Å². The molecule has 1 saturated heterocycles. The summed E-state index contributed by atoms with van der Waals surface area (Å²) >= 11 is 0. The fourth-order valence-electron chi connectivity index (χ4n) is 4.79. The standard InChI is InChI=1S/C22H34FN3O3S/c1-2-18-30(28,29)26-16-14-25(15-17-26)22(12-8-3-4-9-13-22)21(23)24-20(27)19-10-6-5-7-11-19/h5-7,10-11,21H,2-4,8-9,12-18H2,1H3,(H,24,27). The topological polar surface area (TPSA) is 69.7 Å². The predicted octanol–water partition coefficient (Wildman–Crippen LogP) is 3.16. The molecule has 0 radical (unpaired) electrons. The molecule has 1 aromatic carbocycles. The lowest BCUT2D eigenvalue weighted by Gasteiger charge is -2.49. The summed E-state index contributed by atoms with van der Waals surface area (Å²) in [7, 11) is -3.25. The van der Waals surface area contributed by atoms with E-state index in [4.69, 9.17) is 0 Å². The summed E-state index contributed by atoms with van der Waals surface area (Å²) in [6.45, 7) is 3.60. The lowest BCUT2D eigenvalue weighted by Crippen LogP contribution is -2.65. The number of carbonyl (C=O) groups is 1. The van der Waals surface area contributed by atoms with Gasteiger partial charge < -0.3 is 5.32 Å². The Morgan fingerprint density at radius 1 is 1.07 bits per heavy atom. The second kappa shape index (κ2) is 10.2. The highest BCUT2D eigenvalue weighted by atomic mass is 32.2. The highest BCUT2D eigenvalue weighted by Crippen LogP contribution is 2.37. The molecule has 1 N–H and O–H groups in total. The average molecular weight is 440 g/mol. The fourth-order valence-corrected chi connectivity index (χ4v) is 6.29. The zero-order valence-electron chi connectivity index (χ0n) is 17.9. The summed E-state index contributed by atoms with van der Waals surface area (Å²) in [4.78, 5) is 14.7. The van der Waals surface area contributed by atoms with Gasteiger partial charge in [0.2, 0.25) is 10.0 Å². The molecule has 1 unspecified atom stereocenters. The molecule has 1 heterocycles. The van der Waals surface area contributed by atoms with Crippen molar-refractivity contribution in [1.29, 1.82) is 0 Å². The van der Waals surface area contributed by atoms with Gasteiger partial charge in [-0.3, -0.25) is 9.69 Å². The van der Waals surface area contributed by atoms with Gasteiger partial charge in [-0.2, -0.15) is 4.31 Å². The van der Waals surface area contributed by atoms with E-state index in [2.05, 4.69) is 10.2 Å². The van der Waals surface area contributed by atoms with Crippen LogP contribution in [0.1, 0.15) is 62.2 Å². The fraction of sp³-hybridized carbons (Fsp3) is 0.682. The van der Waals surface area contributed by atoms with Crippen molar-refractivity contribution in [3.63, 3.8) is 0 Å². The molecular formula is C22H34FN3O3S. The van der Waals surface area contributed by atoms with Gasteiger partial charge in [-0.25, -0.2) is 12.8 Å². The number of amides is 1. The van der Waals surface area contributed by atoms with E-state index < -0.39 is 27.8 Å². The number of halogens is 1. The van der Waals surface area contributed by atoms with Crippen LogP contribution in [0, 0.1) is 0 Å². The van der Waals surface area contributed by atoms with Gasteiger partial charge in [-0.05, 0) is 31.4 Å². The minimum atomic E-state index is -3.25. The van der Waals surface area contributed by atoms with Gasteiger partial charge in [0.25, 0.3) is 5.91 Å². The van der Waals surface area contributed by atoms with Crippen LogP contribution in [0.4, 0.5) is 4.39 Å². The number of rotatable bonds is 7. The molecule has 1 aliphatic heterocycles. The van der Waals surface area contributed by atoms with E-state index in [1.165, 1.54) is 4.31 Å². The van der Waals surface area contributed by atoms with Crippen LogP contribution in [0.15, 0.2) is 30.3 Å². The van der Waals surface area contributed by atoms with Gasteiger partial charge >= 0.3 is 0 Å². The second-order valence-electron chi connectivity index (χ2n) is 8.42. The number of piperazine rings is 1. The highest BCUT2D eigenvalue weighted by molar-refractivity contribution is 7.89. The van der Waals surface area contributed by atoms with Gasteiger partial charge in [0.1, 0.15) is 0 Å². The first-order chi connectivity index (χ1) is 14.4. The third-order valence-electron chi connectivity index (χ3n) is 6.46. The first kappa shape index (κ1) is 23.2. The van der Waals surface area contributed by atoms with Crippen molar-refractivity contribution in [2.75, 3.05) is 31.9 Å². The summed E-state index contributed by atoms with van der Waals surface area (Å²) < 4.78 is 42.2. The lowest BCUT2D eigenvalue weighted by atomic mass is 9.85. The molecule has 1 atom stereocenters. The van der Waals surface area contributed by atoms with Crippen molar-refractivity contribution < 1.29 is 17.6 Å². The van der Waals surface area contributed by atoms with E-state index in [1.54, 1.807) is 24.3 Å². The van der Waals surface area contributed by atoms with Crippen LogP contribution in [0.3, 0.4) is 0 Å². The lowest BCUT2D eigenvalue weighted by molar-refractivity contribution is -0.0297. The molecule has 0 bridgehead atoms. The van der Waals surface area contributed by atoms with E-state index in [1.807, 2.05) is 13.0 Å². The largest absolute Gasteiger partial charge is 0.321 e. The number of hydrogen-bond donors (Lipinski definition) is 1. The van der Waals surface area contributed by atoms with Gasteiger partial charge in [0, 0.05) is 31.7 Å². The number of nitrogens with zero attached hydrogens (tertiary/aromatic N) is 2. The second-order valence-corrected chi connectivity index (χ2v) is 10.5. The Balaban J connectivity index is 1.75. The Labute approximate surface area is 179 Å². The van der Waals surface area contributed by atoms with E-state index >= 15 is 4.39 Å². The Bertz CT molecular complexity index is 787. The van der Waals surface area contributed by atoms with Crippen LogP contribution in [-0.2, 0) is 10.0 Å². The smallest absolute Gasteiger partial charge is 0.253 e. The number of benzene rings is 1. The van der Waals surface area contributed by atoms with Crippen molar-refractivity contribution in [3.8, 4) is 0 Å². The van der Waals surface area contributed by atoms with Crippen LogP contribution < -0.4 is 5.32 Å². The third kappa shape index (κ3) is 5.21. The van der Waals surface area contributed by atoms with Crippen LogP contribution in [-0.4, -0.2) is 67.3 Å². The van der Waals surface area contributed by atoms with E-state index in [9.17, 15) is 13.2 Å². The average Bonchev–Trinajstić information content (AvgIpc) is 3.01. The Hall–Kier alpha value is -1.51. The highest BCUT2D eigenvalue weighted by Gasteiger charge is 2.46. The van der Waals surface area contributed by atoms with Crippen LogP contribution in [0.2, 0.25) is 0 Å². The first-order valence-corrected chi connectivity index (χ1v) is 12.7. The summed E-state index contributed by atoms with van der Waals surface area (Å²) in [6.07, 6.45) is 4.38. The molecule has 6 nitrogen and oxygen atoms in total. The Morgan fingerprint density at radius 3 is 2.23 bits per heavy atom. The van der Waals surface area contributed by atoms with Gasteiger partial charge in [0.05, 0.1) is 11.3 Å². The molecule has 2 fully saturated rings. The number of hydrogen-bond acceptors (Lipinski definition) is 4. The summed E-state index contributed by atoms with van der Waals surface area (Å²) in [6, 6.07) is 8.71. The van der Waals surface area contributed by atoms with Crippen LogP contribution in [0.5, 0.6) is 0 Å². The number of carbonyl (C=O) groups excluding carboxylic acids is 1. The number of sulfonamides is 1. The summed E-state index contributed by atoms with van der Waals surface area (Å²) in [5.41, 5.74) is -0.332. The zero-order chi connectivity index (χ0) is 21.6. The zero-order valence-corrected chi connectivity index (χ0v) is 18.7. The van der Waals surface area contributed by atoms with Crippen LogP contribution in [0.25, 0.3) is 0 Å². The molecule has 1 amide bonds. The molecule has 0 aromatic heterocycles. The Kier molecular flexibility index (Phi) is 7.87. The first-order valence-electron chi connectivity index (χ1n) is 11.1. The van der Waals surface area contributed by atoms with Crippen LogP contribution >= 0.6 is 0 Å². The maximum atomic E-state index is 15.8. The molecule has 3 rings (SSSR count). The quantitative estimate of drug-likeness (QED) is 0.523. The minimum absolute atomic E-state index is 0.150. The summed E-state index contributed by atoms with van der Waals surface area (Å²) in [5.74, 6) is -0.257. The predicted molar refractivity (Wildman–Crippen MR) is 116 cm³/mol. The number of nitrogens with one attached hydrogen (secondary N) is 1. The van der Waals surface area contributed by atoms with Gasteiger partial charge in [0.15, 0.2) is 6.30 Å². The molecular weight excluding hydrogens is 405 g/mol. The molecule has 1 aromatic rings. The van der Waals surface area contributed by atoms with Gasteiger partial charge in [-0.1, -0.05) is 50.8 Å². The number of alkyl halides is 1. The third-order valence-corrected chi connectivity index (χ3v) is 8.53. The molecule has 0 spiro atoms. The van der Waals surface area contributed by atoms with Crippen molar-refractivity contribution >= 4 is 15.9 Å². The molecule has 30 heavy (non-hydrogen) atoms. The molecule has 168 valence electrons. The van der Waals surface area contributed by atoms with Crippen molar-refractivity contribution in [2.45, 2.75) is 63.7 Å². The Morgan fingerprint density at radius 2 is 1.67 bits per heavy atom. The molecule has 2 aliphatic rings. The molecule has 1 aliphatic carbocycles. The maximum Gasteiger partial charge on any atom is 0.253 e. The maximum absolute atomic E-state index is 15.8. The normalized spacial score (nSPS) is 22.2. The van der Waals surface area contributed by atoms with Gasteiger partial charge in [-0.15, -0.1) is 0 Å². The monoisotopic (exact) mass is 439 g/mol. The molecule has 8 heteroatoms. The SMILES string of the molecule is CCCS(=O)(=O)N1CCN(C2(C(F)NC(=O)c3ccccc3)CCCCCC2)CC1. The summed E-state index contributed by atoms with van der Waals surface area (Å²) in [5, 5.41) is 2.61.